The number of ether oxygens (including phenoxy) is 1. The monoisotopic (exact) mass is 314 g/mol. The van der Waals surface area contributed by atoms with Gasteiger partial charge in [0.2, 0.25) is 11.8 Å². The fourth-order valence-electron chi connectivity index (χ4n) is 2.53. The summed E-state index contributed by atoms with van der Waals surface area (Å²) in [6, 6.07) is 10.5. The van der Waals surface area contributed by atoms with Gasteiger partial charge in [0.25, 0.3) is 0 Å². The first-order valence-corrected chi connectivity index (χ1v) is 7.50. The lowest BCUT2D eigenvalue weighted by atomic mass is 10.2. The highest BCUT2D eigenvalue weighted by Crippen LogP contribution is 2.30. The molecule has 1 atom stereocenters. The molecule has 1 N–H and O–H groups in total. The van der Waals surface area contributed by atoms with Crippen LogP contribution in [0.3, 0.4) is 0 Å². The predicted molar refractivity (Wildman–Crippen MR) is 84.2 cm³/mol. The number of hydrogen-bond acceptors (Lipinski definition) is 4. The van der Waals surface area contributed by atoms with Gasteiger partial charge in [-0.1, -0.05) is 12.1 Å². The number of benzene rings is 1. The minimum Gasteiger partial charge on any atom is -0.491 e. The van der Waals surface area contributed by atoms with Crippen LogP contribution in [-0.4, -0.2) is 25.0 Å². The minimum absolute atomic E-state index is 0.0513. The Morgan fingerprint density at radius 2 is 2.13 bits per heavy atom. The lowest BCUT2D eigenvalue weighted by Crippen LogP contribution is -2.41. The summed E-state index contributed by atoms with van der Waals surface area (Å²) < 4.78 is 10.8. The predicted octanol–water partition coefficient (Wildman–Crippen LogP) is 2.27. The van der Waals surface area contributed by atoms with Crippen molar-refractivity contribution in [3.63, 3.8) is 0 Å². The molecular formula is C17H18N2O4. The zero-order chi connectivity index (χ0) is 16.2. The Kier molecular flexibility index (Phi) is 4.32. The number of carbonyl (C=O) groups excluding carboxylic acids is 2. The van der Waals surface area contributed by atoms with Crippen LogP contribution in [0.5, 0.6) is 5.75 Å². The van der Waals surface area contributed by atoms with Gasteiger partial charge in [-0.2, -0.15) is 0 Å². The van der Waals surface area contributed by atoms with Gasteiger partial charge in [-0.3, -0.25) is 14.5 Å². The van der Waals surface area contributed by atoms with E-state index in [1.807, 2.05) is 19.1 Å². The highest BCUT2D eigenvalue weighted by atomic mass is 16.5. The third-order valence-corrected chi connectivity index (χ3v) is 3.68. The highest BCUT2D eigenvalue weighted by Gasteiger charge is 2.25. The molecule has 2 amide bonds. The van der Waals surface area contributed by atoms with Gasteiger partial charge in [-0.25, -0.2) is 0 Å². The van der Waals surface area contributed by atoms with Crippen LogP contribution in [0.1, 0.15) is 25.1 Å². The van der Waals surface area contributed by atoms with E-state index in [4.69, 9.17) is 9.15 Å². The Hall–Kier alpha value is -2.76. The molecule has 1 aromatic carbocycles. The molecule has 3 rings (SSSR count). The smallest absolute Gasteiger partial charge is 0.240 e. The third-order valence-electron chi connectivity index (χ3n) is 3.68. The van der Waals surface area contributed by atoms with Crippen LogP contribution in [0.4, 0.5) is 5.69 Å². The fourth-order valence-corrected chi connectivity index (χ4v) is 2.53. The number of rotatable bonds is 4. The average Bonchev–Trinajstić information content (AvgIpc) is 3.03. The maximum atomic E-state index is 12.3. The van der Waals surface area contributed by atoms with Gasteiger partial charge in [0.15, 0.2) is 0 Å². The van der Waals surface area contributed by atoms with E-state index in [9.17, 15) is 9.59 Å². The number of amides is 2. The van der Waals surface area contributed by atoms with E-state index in [2.05, 4.69) is 5.32 Å². The number of carbonyl (C=O) groups is 2. The second kappa shape index (κ2) is 6.56. The number of hydrogen-bond donors (Lipinski definition) is 1. The van der Waals surface area contributed by atoms with Crippen molar-refractivity contribution in [2.45, 2.75) is 19.4 Å². The Labute approximate surface area is 134 Å². The quantitative estimate of drug-likeness (QED) is 0.939. The number of fused-ring (bicyclic) bond motifs is 1. The second-order valence-electron chi connectivity index (χ2n) is 5.35. The van der Waals surface area contributed by atoms with Gasteiger partial charge >= 0.3 is 0 Å². The van der Waals surface area contributed by atoms with E-state index in [0.29, 0.717) is 23.8 Å². The summed E-state index contributed by atoms with van der Waals surface area (Å²) in [5.74, 6) is 0.907. The fraction of sp³-hybridized carbons (Fsp3) is 0.294. The maximum absolute atomic E-state index is 12.3. The van der Waals surface area contributed by atoms with Crippen LogP contribution in [0, 0.1) is 0 Å². The number of nitrogens with one attached hydrogen (secondary N) is 1. The topological polar surface area (TPSA) is 71.8 Å². The maximum Gasteiger partial charge on any atom is 0.240 e. The van der Waals surface area contributed by atoms with E-state index in [1.165, 1.54) is 4.90 Å². The van der Waals surface area contributed by atoms with Crippen molar-refractivity contribution in [1.29, 1.82) is 0 Å². The molecule has 2 heterocycles. The van der Waals surface area contributed by atoms with Crippen LogP contribution in [0.15, 0.2) is 47.1 Å². The molecule has 1 aliphatic rings. The van der Waals surface area contributed by atoms with Crippen molar-refractivity contribution >= 4 is 17.5 Å². The van der Waals surface area contributed by atoms with E-state index in [-0.39, 0.29) is 30.8 Å². The molecule has 120 valence electrons. The lowest BCUT2D eigenvalue weighted by Gasteiger charge is -2.22. The zero-order valence-electron chi connectivity index (χ0n) is 12.8. The highest BCUT2D eigenvalue weighted by molar-refractivity contribution is 6.00. The molecule has 6 heteroatoms. The standard InChI is InChI=1S/C17H18N2O4/c1-12(14-7-4-9-22-14)18-16(20)11-19-13-5-2-3-6-15(13)23-10-8-17(19)21/h2-7,9,12H,8,10-11H2,1H3,(H,18,20)/t12-/m0/s1. The Bertz CT molecular complexity index is 696. The van der Waals surface area contributed by atoms with Gasteiger partial charge in [0.05, 0.1) is 31.0 Å². The van der Waals surface area contributed by atoms with E-state index in [1.54, 1.807) is 30.5 Å². The Balaban J connectivity index is 1.73. The van der Waals surface area contributed by atoms with Crippen molar-refractivity contribution < 1.29 is 18.7 Å². The van der Waals surface area contributed by atoms with Gasteiger partial charge in [0.1, 0.15) is 18.1 Å². The Morgan fingerprint density at radius 1 is 1.30 bits per heavy atom. The molecule has 23 heavy (non-hydrogen) atoms. The van der Waals surface area contributed by atoms with Crippen LogP contribution >= 0.6 is 0 Å². The number of anilines is 1. The first-order chi connectivity index (χ1) is 11.1. The van der Waals surface area contributed by atoms with E-state index >= 15 is 0 Å². The summed E-state index contributed by atoms with van der Waals surface area (Å²) in [6.45, 7) is 2.10. The molecule has 0 aliphatic carbocycles. The van der Waals surface area contributed by atoms with Gasteiger partial charge in [0, 0.05) is 0 Å². The van der Waals surface area contributed by atoms with Gasteiger partial charge in [-0.05, 0) is 31.2 Å². The van der Waals surface area contributed by atoms with Crippen LogP contribution < -0.4 is 15.0 Å². The largest absolute Gasteiger partial charge is 0.491 e. The summed E-state index contributed by atoms with van der Waals surface area (Å²) in [6.07, 6.45) is 1.81. The van der Waals surface area contributed by atoms with Crippen LogP contribution in [0.2, 0.25) is 0 Å². The molecular weight excluding hydrogens is 296 g/mol. The molecule has 0 saturated heterocycles. The molecule has 6 nitrogen and oxygen atoms in total. The van der Waals surface area contributed by atoms with Crippen molar-refractivity contribution in [3.8, 4) is 5.75 Å². The first-order valence-electron chi connectivity index (χ1n) is 7.50. The summed E-state index contributed by atoms with van der Waals surface area (Å²) in [4.78, 5) is 26.0. The molecule has 1 aliphatic heterocycles. The van der Waals surface area contributed by atoms with Crippen molar-refractivity contribution in [2.24, 2.45) is 0 Å². The SMILES string of the molecule is C[C@H](NC(=O)CN1C(=O)CCOc2ccccc21)c1ccco1. The number of furan rings is 1. The molecule has 0 bridgehead atoms. The van der Waals surface area contributed by atoms with Crippen molar-refractivity contribution in [1.82, 2.24) is 5.32 Å². The summed E-state index contributed by atoms with van der Waals surface area (Å²) >= 11 is 0. The van der Waals surface area contributed by atoms with E-state index < -0.39 is 0 Å². The Morgan fingerprint density at radius 3 is 2.91 bits per heavy atom. The molecule has 0 unspecified atom stereocenters. The molecule has 0 fully saturated rings. The normalized spacial score (nSPS) is 15.3. The molecule has 0 radical (unpaired) electrons. The van der Waals surface area contributed by atoms with Crippen LogP contribution in [0.25, 0.3) is 0 Å². The summed E-state index contributed by atoms with van der Waals surface area (Å²) in [5.41, 5.74) is 0.621. The van der Waals surface area contributed by atoms with Crippen molar-refractivity contribution in [2.75, 3.05) is 18.1 Å². The minimum atomic E-state index is -0.258. The second-order valence-corrected chi connectivity index (χ2v) is 5.35. The molecule has 0 spiro atoms. The average molecular weight is 314 g/mol. The van der Waals surface area contributed by atoms with Crippen molar-refractivity contribution in [3.05, 3.63) is 48.4 Å². The van der Waals surface area contributed by atoms with Gasteiger partial charge < -0.3 is 14.5 Å². The summed E-state index contributed by atoms with van der Waals surface area (Å²) in [7, 11) is 0. The van der Waals surface area contributed by atoms with Crippen LogP contribution in [-0.2, 0) is 9.59 Å². The zero-order valence-corrected chi connectivity index (χ0v) is 12.8. The van der Waals surface area contributed by atoms with Gasteiger partial charge in [-0.15, -0.1) is 0 Å². The number of para-hydroxylation sites is 2. The number of nitrogens with zero attached hydrogens (tertiary/aromatic N) is 1. The molecule has 0 saturated carbocycles. The molecule has 1 aromatic heterocycles. The molecule has 2 aromatic rings. The first kappa shape index (κ1) is 15.1. The summed E-state index contributed by atoms with van der Waals surface area (Å²) in [5, 5.41) is 2.83. The third kappa shape index (κ3) is 3.36. The van der Waals surface area contributed by atoms with E-state index in [0.717, 1.165) is 0 Å². The lowest BCUT2D eigenvalue weighted by molar-refractivity contribution is -0.124.